The highest BCUT2D eigenvalue weighted by Crippen LogP contribution is 2.37. The van der Waals surface area contributed by atoms with Gasteiger partial charge in [0.05, 0.1) is 13.2 Å². The molecule has 1 heterocycles. The number of halogens is 2. The fourth-order valence-electron chi connectivity index (χ4n) is 4.63. The van der Waals surface area contributed by atoms with Gasteiger partial charge in [-0.05, 0) is 93.5 Å². The largest absolute Gasteiger partial charge is 0.464 e. The zero-order valence-corrected chi connectivity index (χ0v) is 23.8. The van der Waals surface area contributed by atoms with E-state index in [9.17, 15) is 14.4 Å². The average molecular weight is 571 g/mol. The van der Waals surface area contributed by atoms with E-state index in [1.165, 1.54) is 0 Å². The molecule has 7 nitrogen and oxygen atoms in total. The molecule has 0 aliphatic carbocycles. The Balaban J connectivity index is 0.00000420. The van der Waals surface area contributed by atoms with E-state index in [1.807, 2.05) is 51.4 Å². The van der Waals surface area contributed by atoms with Gasteiger partial charge in [-0.3, -0.25) is 19.3 Å². The van der Waals surface area contributed by atoms with Crippen LogP contribution in [0.25, 0.3) is 0 Å². The zero-order valence-electron chi connectivity index (χ0n) is 22.3. The third-order valence-electron chi connectivity index (χ3n) is 6.57. The van der Waals surface area contributed by atoms with Crippen LogP contribution in [0.15, 0.2) is 66.7 Å². The summed E-state index contributed by atoms with van der Waals surface area (Å²) < 4.78 is 5.55. The van der Waals surface area contributed by atoms with E-state index in [4.69, 9.17) is 16.3 Å². The molecular weight excluding hydrogens is 537 g/mol. The van der Waals surface area contributed by atoms with Crippen LogP contribution >= 0.6 is 24.0 Å². The number of amides is 2. The van der Waals surface area contributed by atoms with E-state index < -0.39 is 0 Å². The molecule has 1 atom stereocenters. The second-order valence-electron chi connectivity index (χ2n) is 9.77. The summed E-state index contributed by atoms with van der Waals surface area (Å²) in [6, 6.07) is 19.8. The molecule has 39 heavy (non-hydrogen) atoms. The van der Waals surface area contributed by atoms with E-state index >= 15 is 0 Å². The van der Waals surface area contributed by atoms with Crippen LogP contribution in [0, 0.1) is 6.92 Å². The zero-order chi connectivity index (χ0) is 27.2. The fraction of sp³-hybridized carbons (Fsp3) is 0.300. The van der Waals surface area contributed by atoms with Crippen molar-refractivity contribution in [3.05, 3.63) is 94.0 Å². The number of carbonyl (C=O) groups excluding carboxylic acids is 3. The molecule has 0 aromatic heterocycles. The van der Waals surface area contributed by atoms with Crippen molar-refractivity contribution in [1.82, 2.24) is 4.90 Å². The van der Waals surface area contributed by atoms with Gasteiger partial charge in [0.1, 0.15) is 0 Å². The van der Waals surface area contributed by atoms with Crippen molar-refractivity contribution in [3.8, 4) is 0 Å². The summed E-state index contributed by atoms with van der Waals surface area (Å²) in [5.74, 6) is -0.689. The van der Waals surface area contributed by atoms with Crippen molar-refractivity contribution in [2.75, 3.05) is 44.0 Å². The molecule has 9 heteroatoms. The Hall–Kier alpha value is -3.39. The first-order chi connectivity index (χ1) is 18.2. The summed E-state index contributed by atoms with van der Waals surface area (Å²) in [4.78, 5) is 41.9. The second kappa shape index (κ2) is 13.6. The summed E-state index contributed by atoms with van der Waals surface area (Å²) >= 11 is 6.33. The predicted molar refractivity (Wildman–Crippen MR) is 157 cm³/mol. The fourth-order valence-corrected chi connectivity index (χ4v) is 4.81. The maximum atomic E-state index is 13.6. The van der Waals surface area contributed by atoms with E-state index in [2.05, 4.69) is 5.32 Å². The van der Waals surface area contributed by atoms with Crippen molar-refractivity contribution in [2.45, 2.75) is 25.7 Å². The van der Waals surface area contributed by atoms with Crippen molar-refractivity contribution in [2.24, 2.45) is 0 Å². The van der Waals surface area contributed by atoms with Crippen LogP contribution in [0.4, 0.5) is 11.4 Å². The maximum absolute atomic E-state index is 13.6. The van der Waals surface area contributed by atoms with Crippen LogP contribution in [0.5, 0.6) is 0 Å². The minimum atomic E-state index is -0.287. The monoisotopic (exact) mass is 569 g/mol. The number of fused-ring (bicyclic) bond motifs is 1. The van der Waals surface area contributed by atoms with Crippen LogP contribution in [-0.4, -0.2) is 56.5 Å². The summed E-state index contributed by atoms with van der Waals surface area (Å²) in [6.45, 7) is 2.86. The summed E-state index contributed by atoms with van der Waals surface area (Å²) in [6.07, 6.45) is 1.51. The van der Waals surface area contributed by atoms with Gasteiger partial charge >= 0.3 is 5.97 Å². The van der Waals surface area contributed by atoms with Crippen LogP contribution in [0.3, 0.4) is 0 Å². The van der Waals surface area contributed by atoms with Gasteiger partial charge in [-0.15, -0.1) is 12.4 Å². The molecular formula is C30H33Cl2N3O4. The summed E-state index contributed by atoms with van der Waals surface area (Å²) in [5, 5.41) is 3.46. The quantitative estimate of drug-likeness (QED) is 0.355. The Kier molecular flexibility index (Phi) is 10.5. The van der Waals surface area contributed by atoms with Crippen LogP contribution in [-0.2, 0) is 9.53 Å². The molecule has 1 N–H and O–H groups in total. The van der Waals surface area contributed by atoms with Crippen LogP contribution in [0.2, 0.25) is 5.02 Å². The van der Waals surface area contributed by atoms with E-state index in [-0.39, 0.29) is 49.3 Å². The standard InChI is InChI=1S/C30H32ClN3O4.ClH/c1-20-7-4-5-9-25(20)29(36)32-24-13-10-21(11-14-24)30(37)34-16-6-8-22(19-38-28(35)18-33(2)3)26-17-23(31)12-15-27(26)34;/h4-5,7,9-15,17,22H,6,8,16,18-19H2,1-3H3,(H,32,36);1H. The van der Waals surface area contributed by atoms with E-state index in [0.29, 0.717) is 28.4 Å². The average Bonchev–Trinajstić information content (AvgIpc) is 3.06. The second-order valence-corrected chi connectivity index (χ2v) is 10.2. The number of rotatable bonds is 7. The lowest BCUT2D eigenvalue weighted by atomic mass is 9.95. The third kappa shape index (κ3) is 7.60. The molecule has 2 amide bonds. The Morgan fingerprint density at radius 1 is 1.05 bits per heavy atom. The van der Waals surface area contributed by atoms with Crippen molar-refractivity contribution >= 4 is 53.2 Å². The van der Waals surface area contributed by atoms with Crippen molar-refractivity contribution in [3.63, 3.8) is 0 Å². The SMILES string of the molecule is Cc1ccccc1C(=O)Nc1ccc(C(=O)N2CCCC(COC(=O)CN(C)C)c3cc(Cl)ccc32)cc1.Cl. The van der Waals surface area contributed by atoms with E-state index in [1.54, 1.807) is 46.2 Å². The number of nitrogens with one attached hydrogen (secondary N) is 1. The Labute approximate surface area is 240 Å². The lowest BCUT2D eigenvalue weighted by Gasteiger charge is -2.25. The number of ether oxygens (including phenoxy) is 1. The Bertz CT molecular complexity index is 1330. The molecule has 0 radical (unpaired) electrons. The molecule has 3 aromatic rings. The van der Waals surface area contributed by atoms with Gasteiger partial charge < -0.3 is 15.0 Å². The molecule has 0 bridgehead atoms. The van der Waals surface area contributed by atoms with Gasteiger partial charge in [0.2, 0.25) is 0 Å². The molecule has 0 saturated carbocycles. The molecule has 206 valence electrons. The maximum Gasteiger partial charge on any atom is 0.320 e. The minimum Gasteiger partial charge on any atom is -0.464 e. The first-order valence-electron chi connectivity index (χ1n) is 12.6. The van der Waals surface area contributed by atoms with Gasteiger partial charge in [0, 0.05) is 40.0 Å². The van der Waals surface area contributed by atoms with Gasteiger partial charge in [-0.1, -0.05) is 29.8 Å². The number of anilines is 2. The molecule has 1 unspecified atom stereocenters. The van der Waals surface area contributed by atoms with Crippen molar-refractivity contribution in [1.29, 1.82) is 0 Å². The first-order valence-corrected chi connectivity index (χ1v) is 13.0. The highest BCUT2D eigenvalue weighted by molar-refractivity contribution is 6.30. The molecule has 0 fully saturated rings. The number of hydrogen-bond donors (Lipinski definition) is 1. The van der Waals surface area contributed by atoms with Gasteiger partial charge in [-0.25, -0.2) is 0 Å². The molecule has 0 saturated heterocycles. The molecule has 0 spiro atoms. The van der Waals surface area contributed by atoms with Crippen LogP contribution < -0.4 is 10.2 Å². The Morgan fingerprint density at radius 2 is 1.77 bits per heavy atom. The predicted octanol–water partition coefficient (Wildman–Crippen LogP) is 5.95. The normalized spacial score (nSPS) is 14.6. The topological polar surface area (TPSA) is 79.0 Å². The number of hydrogen-bond acceptors (Lipinski definition) is 5. The van der Waals surface area contributed by atoms with E-state index in [0.717, 1.165) is 29.7 Å². The molecule has 1 aliphatic heterocycles. The lowest BCUT2D eigenvalue weighted by Crippen LogP contribution is -2.31. The highest BCUT2D eigenvalue weighted by Gasteiger charge is 2.28. The number of nitrogens with zero attached hydrogens (tertiary/aromatic N) is 2. The molecule has 1 aliphatic rings. The van der Waals surface area contributed by atoms with Crippen molar-refractivity contribution < 1.29 is 19.1 Å². The van der Waals surface area contributed by atoms with Crippen LogP contribution in [0.1, 0.15) is 50.6 Å². The summed E-state index contributed by atoms with van der Waals surface area (Å²) in [7, 11) is 3.63. The highest BCUT2D eigenvalue weighted by atomic mass is 35.5. The minimum absolute atomic E-state index is 0. The third-order valence-corrected chi connectivity index (χ3v) is 6.80. The molecule has 4 rings (SSSR count). The number of carbonyl (C=O) groups is 3. The Morgan fingerprint density at radius 3 is 2.46 bits per heavy atom. The first kappa shape index (κ1) is 30.2. The number of esters is 1. The molecule has 3 aromatic carbocycles. The number of likely N-dealkylation sites (N-methyl/N-ethyl adjacent to an activating group) is 1. The van der Waals surface area contributed by atoms with Gasteiger partial charge in [0.25, 0.3) is 11.8 Å². The number of benzene rings is 3. The van der Waals surface area contributed by atoms with Gasteiger partial charge in [0.15, 0.2) is 0 Å². The lowest BCUT2D eigenvalue weighted by molar-refractivity contribution is -0.144. The summed E-state index contributed by atoms with van der Waals surface area (Å²) in [5.41, 5.74) is 4.27. The number of aryl methyl sites for hydroxylation is 1. The smallest absolute Gasteiger partial charge is 0.320 e. The van der Waals surface area contributed by atoms with Gasteiger partial charge in [-0.2, -0.15) is 0 Å².